The van der Waals surface area contributed by atoms with Crippen molar-refractivity contribution >= 4 is 16.5 Å². The van der Waals surface area contributed by atoms with Crippen molar-refractivity contribution in [1.82, 2.24) is 28.7 Å². The van der Waals surface area contributed by atoms with Crippen LogP contribution in [0.25, 0.3) is 0 Å². The molecule has 0 spiro atoms. The summed E-state index contributed by atoms with van der Waals surface area (Å²) in [6, 6.07) is 14.2. The normalized spacial score (nSPS) is 16.1. The Labute approximate surface area is 187 Å². The second-order valence-electron chi connectivity index (χ2n) is 8.06. The van der Waals surface area contributed by atoms with E-state index < -0.39 is 0 Å². The summed E-state index contributed by atoms with van der Waals surface area (Å²) in [6.07, 6.45) is 13.5. The molecule has 1 aliphatic carbocycles. The third kappa shape index (κ3) is 5.11. The average Bonchev–Trinajstić information content (AvgIpc) is 2.81. The number of hydrogen-bond acceptors (Lipinski definition) is 6. The Morgan fingerprint density at radius 1 is 0.700 bits per heavy atom. The zero-order valence-electron chi connectivity index (χ0n) is 17.7. The van der Waals surface area contributed by atoms with E-state index in [4.69, 9.17) is 0 Å². The molecule has 0 atom stereocenters. The number of pyridine rings is 2. The van der Waals surface area contributed by atoms with E-state index in [9.17, 15) is 0 Å². The standard InChI is InChI=1S/C23H27N6.Al.2H/c1-4-11-23(12-5-1,28-17-20-9-2-6-13-24-20)29(18-21-10-3-7-14-25-21)19-22-26-15-8-16-27-22;;;/h2-3,6-10,13-16H,1,4-5,11-12,17-19H2;;;/q-1;+1;;. The molecule has 30 heavy (non-hydrogen) atoms. The monoisotopic (exact) mass is 416 g/mol. The minimum atomic E-state index is -0.0152. The Bertz CT molecular complexity index is 846. The molecule has 3 aromatic rings. The van der Waals surface area contributed by atoms with Gasteiger partial charge in [0.1, 0.15) is 5.82 Å². The van der Waals surface area contributed by atoms with Crippen LogP contribution in [0.2, 0.25) is 0 Å². The van der Waals surface area contributed by atoms with Gasteiger partial charge in [0.05, 0.1) is 23.6 Å². The Hall–Kier alpha value is -2.17. The smallest absolute Gasteiger partial charge is 0.324 e. The van der Waals surface area contributed by atoms with E-state index in [-0.39, 0.29) is 5.66 Å². The van der Waals surface area contributed by atoms with Crippen LogP contribution in [-0.4, -0.2) is 50.9 Å². The highest BCUT2D eigenvalue weighted by atomic mass is 27.1. The molecule has 1 saturated carbocycles. The molecule has 7 heteroatoms. The second-order valence-corrected chi connectivity index (χ2v) is 9.14. The Morgan fingerprint density at radius 3 is 1.90 bits per heavy atom. The zero-order valence-corrected chi connectivity index (χ0v) is 19.7. The van der Waals surface area contributed by atoms with Gasteiger partial charge in [0.2, 0.25) is 0 Å². The van der Waals surface area contributed by atoms with Gasteiger partial charge < -0.3 is 3.88 Å². The third-order valence-electron chi connectivity index (χ3n) is 6.11. The SMILES string of the molecule is [AlH2][N](Cc1ccccn1)C1(N(Cc2ccccn2)Cc2ncccn2)CCCCC1. The van der Waals surface area contributed by atoms with Gasteiger partial charge in [-0.1, -0.05) is 31.4 Å². The lowest BCUT2D eigenvalue weighted by atomic mass is 9.86. The molecule has 6 nitrogen and oxygen atoms in total. The molecule has 0 bridgehead atoms. The van der Waals surface area contributed by atoms with Crippen LogP contribution < -0.4 is 0 Å². The van der Waals surface area contributed by atoms with Crippen molar-refractivity contribution in [2.75, 3.05) is 0 Å². The maximum absolute atomic E-state index is 4.63. The third-order valence-corrected chi connectivity index (χ3v) is 7.26. The Morgan fingerprint density at radius 2 is 1.30 bits per heavy atom. The molecule has 0 amide bonds. The summed E-state index contributed by atoms with van der Waals surface area (Å²) in [7, 11) is 0. The molecule has 3 aromatic heterocycles. The largest absolute Gasteiger partial charge is 0.369 e. The fourth-order valence-electron chi connectivity index (χ4n) is 4.56. The van der Waals surface area contributed by atoms with Crippen LogP contribution in [-0.2, 0) is 19.6 Å². The van der Waals surface area contributed by atoms with Gasteiger partial charge in [-0.05, 0) is 43.2 Å². The molecular weight excluding hydrogens is 387 g/mol. The maximum Gasteiger partial charge on any atom is 0.324 e. The highest BCUT2D eigenvalue weighted by Gasteiger charge is 2.41. The molecular formula is C23H29AlN6. The van der Waals surface area contributed by atoms with E-state index >= 15 is 0 Å². The summed E-state index contributed by atoms with van der Waals surface area (Å²) in [4.78, 5) is 20.9. The second kappa shape index (κ2) is 10.2. The highest BCUT2D eigenvalue weighted by Crippen LogP contribution is 2.38. The molecule has 154 valence electrons. The number of aromatic nitrogens is 4. The van der Waals surface area contributed by atoms with E-state index in [1.165, 1.54) is 19.3 Å². The molecule has 0 saturated heterocycles. The van der Waals surface area contributed by atoms with Crippen molar-refractivity contribution in [2.24, 2.45) is 0 Å². The average molecular weight is 417 g/mol. The van der Waals surface area contributed by atoms with Crippen molar-refractivity contribution in [3.63, 3.8) is 0 Å². The van der Waals surface area contributed by atoms with Crippen LogP contribution in [0.4, 0.5) is 0 Å². The zero-order chi connectivity index (χ0) is 20.7. The molecule has 0 radical (unpaired) electrons. The van der Waals surface area contributed by atoms with E-state index in [0.29, 0.717) is 0 Å². The Kier molecular flexibility index (Phi) is 7.19. The molecule has 1 fully saturated rings. The first-order valence-corrected chi connectivity index (χ1v) is 11.7. The van der Waals surface area contributed by atoms with Crippen molar-refractivity contribution in [1.29, 1.82) is 0 Å². The predicted octanol–water partition coefficient (Wildman–Crippen LogP) is 2.98. The van der Waals surface area contributed by atoms with Gasteiger partial charge in [-0.3, -0.25) is 14.9 Å². The lowest BCUT2D eigenvalue weighted by molar-refractivity contribution is -0.0578. The quantitative estimate of drug-likeness (QED) is 0.416. The van der Waals surface area contributed by atoms with Gasteiger partial charge >= 0.3 is 16.5 Å². The minimum absolute atomic E-state index is 0.0152. The molecule has 3 heterocycles. The summed E-state index contributed by atoms with van der Waals surface area (Å²) in [5, 5.41) is 0. The predicted molar refractivity (Wildman–Crippen MR) is 120 cm³/mol. The molecule has 0 aliphatic heterocycles. The van der Waals surface area contributed by atoms with E-state index in [2.05, 4.69) is 53.0 Å². The van der Waals surface area contributed by atoms with Crippen LogP contribution in [0.3, 0.4) is 0 Å². The molecule has 0 unspecified atom stereocenters. The maximum atomic E-state index is 4.63. The van der Waals surface area contributed by atoms with Gasteiger partial charge in [-0.15, -0.1) is 0 Å². The summed E-state index contributed by atoms with van der Waals surface area (Å²) in [6.45, 7) is 2.39. The first kappa shape index (κ1) is 21.1. The Balaban J connectivity index is 1.66. The summed E-state index contributed by atoms with van der Waals surface area (Å²) in [5.74, 6) is 0.867. The van der Waals surface area contributed by atoms with Crippen molar-refractivity contribution in [3.8, 4) is 0 Å². The first-order chi connectivity index (χ1) is 14.8. The molecule has 1 aliphatic rings. The minimum Gasteiger partial charge on any atom is -0.369 e. The number of rotatable bonds is 8. The van der Waals surface area contributed by atoms with Crippen molar-refractivity contribution in [3.05, 3.63) is 84.5 Å². The summed E-state index contributed by atoms with van der Waals surface area (Å²) >= 11 is 0.961. The van der Waals surface area contributed by atoms with Gasteiger partial charge in [0, 0.05) is 37.9 Å². The molecule has 0 N–H and O–H groups in total. The lowest BCUT2D eigenvalue weighted by Gasteiger charge is -2.53. The first-order valence-electron chi connectivity index (χ1n) is 10.8. The van der Waals surface area contributed by atoms with Gasteiger partial charge in [-0.2, -0.15) is 0 Å². The number of hydrogen-bond donors (Lipinski definition) is 0. The van der Waals surface area contributed by atoms with Crippen LogP contribution in [0.5, 0.6) is 0 Å². The summed E-state index contributed by atoms with van der Waals surface area (Å²) < 4.78 is 2.63. The highest BCUT2D eigenvalue weighted by molar-refractivity contribution is 6.04. The van der Waals surface area contributed by atoms with Crippen LogP contribution in [0.1, 0.15) is 49.3 Å². The molecule has 4 rings (SSSR count). The molecule has 0 aromatic carbocycles. The van der Waals surface area contributed by atoms with Crippen LogP contribution in [0.15, 0.2) is 67.3 Å². The fourth-order valence-corrected chi connectivity index (χ4v) is 5.61. The van der Waals surface area contributed by atoms with Gasteiger partial charge in [-0.25, -0.2) is 9.97 Å². The van der Waals surface area contributed by atoms with E-state index in [1.54, 1.807) is 0 Å². The van der Waals surface area contributed by atoms with E-state index in [1.807, 2.05) is 43.0 Å². The van der Waals surface area contributed by atoms with Gasteiger partial charge in [0.25, 0.3) is 0 Å². The lowest BCUT2D eigenvalue weighted by Crippen LogP contribution is -2.60. The van der Waals surface area contributed by atoms with Gasteiger partial charge in [0.15, 0.2) is 0 Å². The number of nitrogens with zero attached hydrogens (tertiary/aromatic N) is 6. The van der Waals surface area contributed by atoms with E-state index in [0.717, 1.165) is 66.2 Å². The van der Waals surface area contributed by atoms with Crippen LogP contribution >= 0.6 is 0 Å². The topological polar surface area (TPSA) is 58.0 Å². The van der Waals surface area contributed by atoms with Crippen LogP contribution in [0, 0.1) is 0 Å². The van der Waals surface area contributed by atoms with Crippen molar-refractivity contribution < 1.29 is 0 Å². The van der Waals surface area contributed by atoms with Crippen molar-refractivity contribution in [2.45, 2.75) is 57.4 Å². The summed E-state index contributed by atoms with van der Waals surface area (Å²) in [5.41, 5.74) is 2.20. The fraction of sp³-hybridized carbons (Fsp3) is 0.391.